The summed E-state index contributed by atoms with van der Waals surface area (Å²) in [7, 11) is 0. The first-order valence-electron chi connectivity index (χ1n) is 11.7. The topological polar surface area (TPSA) is 78.2 Å². The predicted octanol–water partition coefficient (Wildman–Crippen LogP) is 6.10. The third-order valence-electron chi connectivity index (χ3n) is 6.13. The van der Waals surface area contributed by atoms with Crippen LogP contribution < -0.4 is 5.56 Å². The number of rotatable bonds is 6. The highest BCUT2D eigenvalue weighted by molar-refractivity contribution is 7.98. The van der Waals surface area contributed by atoms with Crippen molar-refractivity contribution in [3.8, 4) is 17.0 Å². The molecule has 0 N–H and O–H groups in total. The maximum Gasteiger partial charge on any atom is 0.267 e. The highest BCUT2D eigenvalue weighted by Crippen LogP contribution is 2.29. The summed E-state index contributed by atoms with van der Waals surface area (Å²) in [6, 6.07) is 25.4. The zero-order valence-electron chi connectivity index (χ0n) is 19.8. The van der Waals surface area contributed by atoms with Gasteiger partial charge in [-0.15, -0.1) is 10.2 Å². The van der Waals surface area contributed by atoms with Crippen LogP contribution in [0.25, 0.3) is 33.7 Å². The van der Waals surface area contributed by atoms with Crippen molar-refractivity contribution in [2.45, 2.75) is 30.7 Å². The van der Waals surface area contributed by atoms with Crippen LogP contribution in [0, 0.1) is 0 Å². The minimum absolute atomic E-state index is 0.115. The van der Waals surface area contributed by atoms with Crippen LogP contribution in [0.4, 0.5) is 0 Å². The van der Waals surface area contributed by atoms with Gasteiger partial charge in [0.15, 0.2) is 10.9 Å². The van der Waals surface area contributed by atoms with Gasteiger partial charge in [0, 0.05) is 5.56 Å². The second-order valence-electron chi connectivity index (χ2n) is 8.76. The Balaban J connectivity index is 1.46. The van der Waals surface area contributed by atoms with Gasteiger partial charge in [-0.05, 0) is 29.7 Å². The molecule has 0 aliphatic carbocycles. The molecule has 6 aromatic rings. The Hall–Kier alpha value is -4.17. The third-order valence-corrected chi connectivity index (χ3v) is 7.04. The quantitative estimate of drug-likeness (QED) is 0.261. The lowest BCUT2D eigenvalue weighted by Crippen LogP contribution is -2.23. The Morgan fingerprint density at radius 1 is 0.917 bits per heavy atom. The molecule has 3 aromatic heterocycles. The van der Waals surface area contributed by atoms with Gasteiger partial charge in [-0.2, -0.15) is 0 Å². The van der Waals surface area contributed by atoms with Gasteiger partial charge in [-0.25, -0.2) is 9.55 Å². The van der Waals surface area contributed by atoms with Crippen molar-refractivity contribution in [3.05, 3.63) is 107 Å². The third kappa shape index (κ3) is 3.79. The standard InChI is InChI=1S/C28H23N5O2S/c1-18(2)20-12-6-8-14-22(20)32-26(34)21-13-7-9-15-23(21)33-27(32)30-31-28(33)36-17-25-29-16-24(35-25)19-10-4-3-5-11-19/h3-16,18H,17H2,1-2H3. The molecular weight excluding hydrogens is 470 g/mol. The van der Waals surface area contributed by atoms with Gasteiger partial charge < -0.3 is 4.42 Å². The van der Waals surface area contributed by atoms with E-state index in [4.69, 9.17) is 4.42 Å². The lowest BCUT2D eigenvalue weighted by atomic mass is 10.0. The second-order valence-corrected chi connectivity index (χ2v) is 9.70. The molecule has 0 aliphatic rings. The van der Waals surface area contributed by atoms with Crippen molar-refractivity contribution >= 4 is 28.4 Å². The van der Waals surface area contributed by atoms with Crippen molar-refractivity contribution in [1.82, 2.24) is 24.1 Å². The van der Waals surface area contributed by atoms with Crippen LogP contribution in [0.3, 0.4) is 0 Å². The number of hydrogen-bond acceptors (Lipinski definition) is 6. The molecule has 0 fully saturated rings. The maximum absolute atomic E-state index is 13.7. The monoisotopic (exact) mass is 493 g/mol. The van der Waals surface area contributed by atoms with E-state index in [0.717, 1.165) is 28.1 Å². The van der Waals surface area contributed by atoms with Crippen molar-refractivity contribution in [1.29, 1.82) is 0 Å². The smallest absolute Gasteiger partial charge is 0.267 e. The Morgan fingerprint density at radius 2 is 1.67 bits per heavy atom. The van der Waals surface area contributed by atoms with E-state index < -0.39 is 0 Å². The summed E-state index contributed by atoms with van der Waals surface area (Å²) in [4.78, 5) is 18.1. The average molecular weight is 494 g/mol. The molecule has 0 spiro atoms. The van der Waals surface area contributed by atoms with Crippen LogP contribution >= 0.6 is 11.8 Å². The molecule has 0 saturated heterocycles. The number of benzene rings is 3. The van der Waals surface area contributed by atoms with E-state index in [1.165, 1.54) is 11.8 Å². The van der Waals surface area contributed by atoms with E-state index in [1.54, 1.807) is 10.8 Å². The normalized spacial score (nSPS) is 11.6. The first kappa shape index (κ1) is 22.3. The number of nitrogens with zero attached hydrogens (tertiary/aromatic N) is 5. The zero-order valence-corrected chi connectivity index (χ0v) is 20.6. The van der Waals surface area contributed by atoms with E-state index in [1.807, 2.05) is 77.2 Å². The largest absolute Gasteiger partial charge is 0.440 e. The lowest BCUT2D eigenvalue weighted by Gasteiger charge is -2.16. The molecule has 178 valence electrons. The van der Waals surface area contributed by atoms with Crippen LogP contribution in [0.1, 0.15) is 31.2 Å². The Kier molecular flexibility index (Phi) is 5.65. The maximum atomic E-state index is 13.7. The lowest BCUT2D eigenvalue weighted by molar-refractivity contribution is 0.530. The van der Waals surface area contributed by atoms with E-state index in [9.17, 15) is 4.79 Å². The number of hydrogen-bond donors (Lipinski definition) is 0. The second kappa shape index (κ2) is 9.13. The van der Waals surface area contributed by atoms with E-state index in [2.05, 4.69) is 35.1 Å². The van der Waals surface area contributed by atoms with Gasteiger partial charge >= 0.3 is 0 Å². The first-order chi connectivity index (χ1) is 17.6. The first-order valence-corrected chi connectivity index (χ1v) is 12.7. The van der Waals surface area contributed by atoms with Crippen LogP contribution in [0.2, 0.25) is 0 Å². The summed E-state index contributed by atoms with van der Waals surface area (Å²) < 4.78 is 9.60. The summed E-state index contributed by atoms with van der Waals surface area (Å²) in [6.07, 6.45) is 1.74. The van der Waals surface area contributed by atoms with Crippen molar-refractivity contribution < 1.29 is 4.42 Å². The van der Waals surface area contributed by atoms with Crippen molar-refractivity contribution in [3.63, 3.8) is 0 Å². The molecule has 0 bridgehead atoms. The summed E-state index contributed by atoms with van der Waals surface area (Å²) in [6.45, 7) is 4.24. The van der Waals surface area contributed by atoms with Crippen LogP contribution in [0.5, 0.6) is 0 Å². The van der Waals surface area contributed by atoms with E-state index in [-0.39, 0.29) is 11.5 Å². The molecule has 0 atom stereocenters. The minimum atomic E-state index is -0.115. The SMILES string of the molecule is CC(C)c1ccccc1-n1c(=O)c2ccccc2n2c(SCc3ncc(-c4ccccc4)o3)nnc12. The number of oxazole rings is 1. The molecule has 8 heteroatoms. The van der Waals surface area contributed by atoms with Crippen molar-refractivity contribution in [2.24, 2.45) is 0 Å². The summed E-state index contributed by atoms with van der Waals surface area (Å²) in [5.74, 6) is 2.51. The van der Waals surface area contributed by atoms with Crippen LogP contribution in [0.15, 0.2) is 99.4 Å². The zero-order chi connectivity index (χ0) is 24.6. The summed E-state index contributed by atoms with van der Waals surface area (Å²) in [5.41, 5.74) is 3.52. The number of aromatic nitrogens is 5. The van der Waals surface area contributed by atoms with Gasteiger partial charge in [0.2, 0.25) is 11.7 Å². The molecule has 7 nitrogen and oxygen atoms in total. The van der Waals surface area contributed by atoms with Gasteiger partial charge in [-0.1, -0.05) is 86.3 Å². The Bertz CT molecular complexity index is 1750. The fraction of sp³-hybridized carbons (Fsp3) is 0.143. The van der Waals surface area contributed by atoms with Crippen molar-refractivity contribution in [2.75, 3.05) is 0 Å². The summed E-state index contributed by atoms with van der Waals surface area (Å²) >= 11 is 1.47. The highest BCUT2D eigenvalue weighted by atomic mass is 32.2. The van der Waals surface area contributed by atoms with Gasteiger partial charge in [0.05, 0.1) is 28.5 Å². The van der Waals surface area contributed by atoms with Crippen LogP contribution in [-0.2, 0) is 5.75 Å². The predicted molar refractivity (Wildman–Crippen MR) is 142 cm³/mol. The Labute approximate surface area is 211 Å². The molecule has 3 heterocycles. The number of thioether (sulfide) groups is 1. The van der Waals surface area contributed by atoms with E-state index in [0.29, 0.717) is 28.0 Å². The molecule has 0 radical (unpaired) electrons. The van der Waals surface area contributed by atoms with Gasteiger partial charge in [0.1, 0.15) is 0 Å². The fourth-order valence-electron chi connectivity index (χ4n) is 4.41. The molecule has 0 saturated carbocycles. The van der Waals surface area contributed by atoms with Gasteiger partial charge in [-0.3, -0.25) is 9.20 Å². The minimum Gasteiger partial charge on any atom is -0.440 e. The molecule has 3 aromatic carbocycles. The molecular formula is C28H23N5O2S. The molecule has 0 aliphatic heterocycles. The van der Waals surface area contributed by atoms with Gasteiger partial charge in [0.25, 0.3) is 5.56 Å². The molecule has 6 rings (SSSR count). The number of para-hydroxylation sites is 2. The van der Waals surface area contributed by atoms with Crippen LogP contribution in [-0.4, -0.2) is 24.1 Å². The Morgan fingerprint density at radius 3 is 2.50 bits per heavy atom. The summed E-state index contributed by atoms with van der Waals surface area (Å²) in [5, 5.41) is 10.2. The average Bonchev–Trinajstić information content (AvgIpc) is 3.56. The fourth-order valence-corrected chi connectivity index (χ4v) is 5.20. The van der Waals surface area contributed by atoms with E-state index >= 15 is 0 Å². The molecule has 0 amide bonds. The highest BCUT2D eigenvalue weighted by Gasteiger charge is 2.20. The number of fused-ring (bicyclic) bond motifs is 3. The molecule has 36 heavy (non-hydrogen) atoms. The molecule has 0 unspecified atom stereocenters.